The highest BCUT2D eigenvalue weighted by Gasteiger charge is 2.27. The van der Waals surface area contributed by atoms with Gasteiger partial charge in [0.1, 0.15) is 23.8 Å². The van der Waals surface area contributed by atoms with Gasteiger partial charge >= 0.3 is 0 Å². The number of rotatable bonds is 5. The number of fused-ring (bicyclic) bond motifs is 1. The molecule has 0 saturated heterocycles. The molecule has 29 heavy (non-hydrogen) atoms. The van der Waals surface area contributed by atoms with Crippen LogP contribution < -0.4 is 11.1 Å². The van der Waals surface area contributed by atoms with E-state index in [2.05, 4.69) is 67.8 Å². The predicted octanol–water partition coefficient (Wildman–Crippen LogP) is 5.13. The van der Waals surface area contributed by atoms with Crippen molar-refractivity contribution >= 4 is 74.4 Å². The van der Waals surface area contributed by atoms with Gasteiger partial charge in [-0.25, -0.2) is 15.0 Å². The maximum atomic E-state index is 6.08. The molecule has 152 valence electrons. The summed E-state index contributed by atoms with van der Waals surface area (Å²) in [6, 6.07) is 8.01. The number of thioether (sulfide) groups is 1. The molecule has 1 aliphatic rings. The van der Waals surface area contributed by atoms with Crippen molar-refractivity contribution < 1.29 is 4.74 Å². The van der Waals surface area contributed by atoms with E-state index >= 15 is 0 Å². The third kappa shape index (κ3) is 4.04. The number of aryl methyl sites for hydroxylation is 1. The summed E-state index contributed by atoms with van der Waals surface area (Å²) in [5.41, 5.74) is 10.3. The largest absolute Gasteiger partial charge is 0.475 e. The van der Waals surface area contributed by atoms with Crippen LogP contribution in [0.3, 0.4) is 0 Å². The van der Waals surface area contributed by atoms with Crippen molar-refractivity contribution in [3.63, 3.8) is 0 Å². The lowest BCUT2D eigenvalue weighted by atomic mass is 10.1. The second-order valence-electron chi connectivity index (χ2n) is 7.40. The molecule has 1 aromatic carbocycles. The van der Waals surface area contributed by atoms with Gasteiger partial charge in [-0.1, -0.05) is 0 Å². The van der Waals surface area contributed by atoms with Gasteiger partial charge in [-0.2, -0.15) is 0 Å². The molecule has 0 spiro atoms. The first-order chi connectivity index (χ1) is 13.8. The highest BCUT2D eigenvalue weighted by Crippen LogP contribution is 2.36. The van der Waals surface area contributed by atoms with Crippen LogP contribution in [0.5, 0.6) is 0 Å². The molecule has 3 heterocycles. The molecular formula is C19H22IN6OPS. The third-order valence-electron chi connectivity index (χ3n) is 4.57. The number of anilines is 3. The number of aromatic nitrogens is 3. The summed E-state index contributed by atoms with van der Waals surface area (Å²) in [6.45, 7) is 6.73. The Kier molecular flexibility index (Phi) is 5.65. The lowest BCUT2D eigenvalue weighted by Gasteiger charge is -2.13. The SMILES string of the molecule is CSc1cc(C2=NC(C)(C)CO2)ccc1Nc1cc(N)nc2c1nc(C)n2PI. The molecule has 1 unspecified atom stereocenters. The summed E-state index contributed by atoms with van der Waals surface area (Å²) in [6.07, 6.45) is 2.56. The van der Waals surface area contributed by atoms with Crippen LogP contribution in [-0.2, 0) is 4.74 Å². The fraction of sp³-hybridized carbons (Fsp3) is 0.316. The van der Waals surface area contributed by atoms with Crippen LogP contribution in [0, 0.1) is 6.92 Å². The molecule has 3 aromatic rings. The number of nitrogens with zero attached hydrogens (tertiary/aromatic N) is 4. The van der Waals surface area contributed by atoms with Crippen LogP contribution in [0.2, 0.25) is 0 Å². The lowest BCUT2D eigenvalue weighted by Crippen LogP contribution is -2.17. The van der Waals surface area contributed by atoms with E-state index in [0.717, 1.165) is 38.8 Å². The number of halogens is 1. The molecule has 4 rings (SSSR count). The summed E-state index contributed by atoms with van der Waals surface area (Å²) in [5, 5.41) is 3.51. The van der Waals surface area contributed by atoms with Gasteiger partial charge in [0.25, 0.3) is 0 Å². The molecule has 10 heteroatoms. The van der Waals surface area contributed by atoms with Gasteiger partial charge in [0.05, 0.1) is 23.3 Å². The first-order valence-corrected chi connectivity index (χ1v) is 14.3. The zero-order valence-corrected chi connectivity index (χ0v) is 20.6. The Morgan fingerprint density at radius 2 is 2.07 bits per heavy atom. The summed E-state index contributed by atoms with van der Waals surface area (Å²) in [5.74, 6) is 2.09. The quantitative estimate of drug-likeness (QED) is 0.265. The van der Waals surface area contributed by atoms with Gasteiger partial charge in [0.15, 0.2) is 5.65 Å². The molecule has 7 nitrogen and oxygen atoms in total. The number of hydrogen-bond acceptors (Lipinski definition) is 7. The number of imidazole rings is 1. The van der Waals surface area contributed by atoms with Gasteiger partial charge in [-0.3, -0.25) is 4.34 Å². The van der Waals surface area contributed by atoms with E-state index in [9.17, 15) is 0 Å². The van der Waals surface area contributed by atoms with Crippen LogP contribution >= 0.6 is 40.2 Å². The van der Waals surface area contributed by atoms with Gasteiger partial charge in [0, 0.05) is 16.5 Å². The minimum atomic E-state index is -0.179. The number of pyridine rings is 1. The Hall–Kier alpha value is -1.58. The minimum Gasteiger partial charge on any atom is -0.475 e. The van der Waals surface area contributed by atoms with E-state index in [1.165, 1.54) is 0 Å². The van der Waals surface area contributed by atoms with Crippen LogP contribution in [-0.4, -0.2) is 38.6 Å². The molecule has 0 amide bonds. The second-order valence-corrected chi connectivity index (χ2v) is 10.3. The molecule has 0 bridgehead atoms. The molecule has 1 aliphatic heterocycles. The summed E-state index contributed by atoms with van der Waals surface area (Å²) in [7, 11) is 0. The average molecular weight is 540 g/mol. The fourth-order valence-electron chi connectivity index (χ4n) is 3.18. The van der Waals surface area contributed by atoms with Crippen LogP contribution in [0.4, 0.5) is 17.2 Å². The molecule has 1 atom stereocenters. The van der Waals surface area contributed by atoms with Crippen molar-refractivity contribution in [1.29, 1.82) is 0 Å². The van der Waals surface area contributed by atoms with Crippen LogP contribution in [0.15, 0.2) is 34.2 Å². The van der Waals surface area contributed by atoms with E-state index in [0.29, 0.717) is 24.7 Å². The minimum absolute atomic E-state index is 0.179. The standard InChI is InChI=1S/C19H22IN6OPS/c1-10-22-16-13(8-15(21)24-17(16)26(10)28-20)23-12-6-5-11(7-14(12)29-4)18-25-19(2,3)9-27-18/h5-8,28H,9H2,1-4H3,(H3,21,23,24). The molecule has 0 saturated carbocycles. The third-order valence-corrected chi connectivity index (χ3v) is 7.50. The number of benzene rings is 1. The van der Waals surface area contributed by atoms with Crippen LogP contribution in [0.25, 0.3) is 11.2 Å². The smallest absolute Gasteiger partial charge is 0.216 e. The van der Waals surface area contributed by atoms with Gasteiger partial charge in [-0.05, 0) is 67.3 Å². The second kappa shape index (κ2) is 7.92. The van der Waals surface area contributed by atoms with E-state index < -0.39 is 0 Å². The Morgan fingerprint density at radius 1 is 1.28 bits per heavy atom. The average Bonchev–Trinajstić information content (AvgIpc) is 3.20. The fourth-order valence-corrected chi connectivity index (χ4v) is 5.90. The van der Waals surface area contributed by atoms with Gasteiger partial charge in [-0.15, -0.1) is 11.8 Å². The highest BCUT2D eigenvalue weighted by atomic mass is 127. The Bertz CT molecular complexity index is 1130. The van der Waals surface area contributed by atoms with Crippen molar-refractivity contribution in [2.75, 3.05) is 23.9 Å². The Balaban J connectivity index is 1.73. The number of nitrogens with two attached hydrogens (primary N) is 1. The van der Waals surface area contributed by atoms with E-state index in [1.54, 1.807) is 11.8 Å². The predicted molar refractivity (Wildman–Crippen MR) is 132 cm³/mol. The summed E-state index contributed by atoms with van der Waals surface area (Å²) >= 11 is 3.99. The molecule has 0 fully saturated rings. The van der Waals surface area contributed by atoms with Gasteiger partial charge in [0.2, 0.25) is 5.90 Å². The zero-order chi connectivity index (χ0) is 20.8. The Morgan fingerprint density at radius 3 is 2.72 bits per heavy atom. The number of nitrogens with one attached hydrogen (secondary N) is 1. The number of hydrogen-bond donors (Lipinski definition) is 2. The highest BCUT2D eigenvalue weighted by molar-refractivity contribution is 14.2. The number of nitrogen functional groups attached to an aromatic ring is 1. The molecule has 0 aliphatic carbocycles. The first kappa shape index (κ1) is 20.7. The number of aliphatic imine (C=N–C) groups is 1. The van der Waals surface area contributed by atoms with E-state index in [-0.39, 0.29) is 5.54 Å². The van der Waals surface area contributed by atoms with E-state index in [1.807, 2.05) is 25.1 Å². The summed E-state index contributed by atoms with van der Waals surface area (Å²) < 4.78 is 7.87. The molecule has 0 radical (unpaired) electrons. The van der Waals surface area contributed by atoms with Gasteiger partial charge < -0.3 is 15.8 Å². The maximum Gasteiger partial charge on any atom is 0.216 e. The van der Waals surface area contributed by atoms with Crippen molar-refractivity contribution in [3.8, 4) is 0 Å². The molecule has 3 N–H and O–H groups in total. The maximum absolute atomic E-state index is 6.08. The van der Waals surface area contributed by atoms with Crippen molar-refractivity contribution in [2.45, 2.75) is 31.2 Å². The van der Waals surface area contributed by atoms with Crippen molar-refractivity contribution in [1.82, 2.24) is 14.3 Å². The van der Waals surface area contributed by atoms with Crippen LogP contribution in [0.1, 0.15) is 25.2 Å². The van der Waals surface area contributed by atoms with Crippen molar-refractivity contribution in [3.05, 3.63) is 35.7 Å². The monoisotopic (exact) mass is 540 g/mol. The topological polar surface area (TPSA) is 90.3 Å². The van der Waals surface area contributed by atoms with E-state index in [4.69, 9.17) is 15.5 Å². The number of ether oxygens (including phenoxy) is 1. The summed E-state index contributed by atoms with van der Waals surface area (Å²) in [4.78, 5) is 15.0. The Labute approximate surface area is 188 Å². The lowest BCUT2D eigenvalue weighted by molar-refractivity contribution is 0.279. The zero-order valence-electron chi connectivity index (χ0n) is 16.6. The first-order valence-electron chi connectivity index (χ1n) is 9.01. The molecular weight excluding hydrogens is 518 g/mol. The van der Waals surface area contributed by atoms with Crippen molar-refractivity contribution in [2.24, 2.45) is 4.99 Å². The molecule has 2 aromatic heterocycles. The normalized spacial score (nSPS) is 15.8.